The average molecular weight is 309 g/mol. The maximum atomic E-state index is 12.1. The van der Waals surface area contributed by atoms with Crippen molar-refractivity contribution in [3.05, 3.63) is 29.8 Å². The van der Waals surface area contributed by atoms with E-state index in [4.69, 9.17) is 0 Å². The third kappa shape index (κ3) is 4.76. The minimum absolute atomic E-state index is 0.0455. The molecule has 2 N–H and O–H groups in total. The van der Waals surface area contributed by atoms with Gasteiger partial charge in [-0.05, 0) is 24.6 Å². The van der Waals surface area contributed by atoms with Crippen LogP contribution in [0.15, 0.2) is 24.3 Å². The molecule has 7 heteroatoms. The van der Waals surface area contributed by atoms with Crippen LogP contribution in [0.3, 0.4) is 0 Å². The van der Waals surface area contributed by atoms with E-state index < -0.39 is 29.8 Å². The third-order valence-corrected chi connectivity index (χ3v) is 3.09. The van der Waals surface area contributed by atoms with Crippen molar-refractivity contribution in [2.45, 2.75) is 19.4 Å². The molecule has 0 saturated carbocycles. The number of nitrogens with one attached hydrogen (secondary N) is 1. The number of amides is 1. The van der Waals surface area contributed by atoms with E-state index in [1.165, 1.54) is 38.5 Å². The molecule has 22 heavy (non-hydrogen) atoms. The molecule has 0 fully saturated rings. The summed E-state index contributed by atoms with van der Waals surface area (Å²) in [6.45, 7) is 1.59. The van der Waals surface area contributed by atoms with Crippen LogP contribution in [0.1, 0.15) is 23.7 Å². The lowest BCUT2D eigenvalue weighted by atomic mass is 10.0. The smallest absolute Gasteiger partial charge is 0.328 e. The van der Waals surface area contributed by atoms with Crippen molar-refractivity contribution in [1.82, 2.24) is 5.32 Å². The van der Waals surface area contributed by atoms with E-state index in [9.17, 15) is 19.5 Å². The molecule has 1 aromatic carbocycles. The van der Waals surface area contributed by atoms with Crippen LogP contribution in [-0.2, 0) is 19.1 Å². The molecule has 0 aliphatic carbocycles. The topological polar surface area (TPSA) is 102 Å². The molecule has 0 spiro atoms. The first-order chi connectivity index (χ1) is 10.4. The van der Waals surface area contributed by atoms with E-state index in [1.54, 1.807) is 6.92 Å². The van der Waals surface area contributed by atoms with Gasteiger partial charge in [-0.2, -0.15) is 0 Å². The van der Waals surface area contributed by atoms with Crippen molar-refractivity contribution >= 4 is 17.8 Å². The van der Waals surface area contributed by atoms with E-state index in [0.717, 1.165) is 0 Å². The van der Waals surface area contributed by atoms with Gasteiger partial charge in [0, 0.05) is 5.56 Å². The summed E-state index contributed by atoms with van der Waals surface area (Å²) in [4.78, 5) is 35.3. The van der Waals surface area contributed by atoms with Gasteiger partial charge in [0.2, 0.25) is 0 Å². The summed E-state index contributed by atoms with van der Waals surface area (Å²) in [6.07, 6.45) is 0.0455. The summed E-state index contributed by atoms with van der Waals surface area (Å²) in [5, 5.41) is 11.9. The number of esters is 2. The van der Waals surface area contributed by atoms with Gasteiger partial charge in [0.05, 0.1) is 20.1 Å². The number of methoxy groups -OCH3 is 2. The van der Waals surface area contributed by atoms with Gasteiger partial charge in [-0.15, -0.1) is 0 Å². The summed E-state index contributed by atoms with van der Waals surface area (Å²) in [5.41, 5.74) is 0.194. The minimum Gasteiger partial charge on any atom is -0.508 e. The number of aromatic hydroxyl groups is 1. The zero-order chi connectivity index (χ0) is 16.7. The van der Waals surface area contributed by atoms with Crippen LogP contribution in [0, 0.1) is 5.92 Å². The van der Waals surface area contributed by atoms with Crippen LogP contribution in [0.4, 0.5) is 0 Å². The normalized spacial score (nSPS) is 12.9. The Morgan fingerprint density at radius 2 is 1.82 bits per heavy atom. The first-order valence-corrected chi connectivity index (χ1v) is 6.64. The molecule has 2 atom stereocenters. The molecule has 0 aromatic heterocycles. The van der Waals surface area contributed by atoms with Gasteiger partial charge < -0.3 is 19.9 Å². The van der Waals surface area contributed by atoms with Gasteiger partial charge in [0.25, 0.3) is 5.91 Å². The number of carbonyl (C=O) groups excluding carboxylic acids is 3. The molecule has 0 saturated heterocycles. The van der Waals surface area contributed by atoms with Crippen molar-refractivity contribution in [2.24, 2.45) is 5.92 Å². The lowest BCUT2D eigenvalue weighted by molar-refractivity contribution is -0.147. The standard InChI is InChI=1S/C15H19NO6/c1-9(14(19)21-2)7-12(15(20)22-3)16-13(18)10-5-4-6-11(17)8-10/h4-6,8-9,12,17H,7H2,1-3H3,(H,16,18)/t9-,12-/m0/s1. The molecule has 1 rings (SSSR count). The predicted molar refractivity (Wildman–Crippen MR) is 77.2 cm³/mol. The average Bonchev–Trinajstić information content (AvgIpc) is 2.52. The van der Waals surface area contributed by atoms with Gasteiger partial charge >= 0.3 is 11.9 Å². The Balaban J connectivity index is 2.83. The summed E-state index contributed by atoms with van der Waals surface area (Å²) in [5.74, 6) is -2.35. The van der Waals surface area contributed by atoms with Crippen molar-refractivity contribution < 1.29 is 29.0 Å². The molecule has 1 amide bonds. The SMILES string of the molecule is COC(=O)[C@H](C[C@H](C)C(=O)OC)NC(=O)c1cccc(O)c1. The number of benzene rings is 1. The van der Waals surface area contributed by atoms with Crippen molar-refractivity contribution in [1.29, 1.82) is 0 Å². The van der Waals surface area contributed by atoms with Crippen molar-refractivity contribution in [2.75, 3.05) is 14.2 Å². The number of ether oxygens (including phenoxy) is 2. The zero-order valence-electron chi connectivity index (χ0n) is 12.7. The number of rotatable bonds is 6. The monoisotopic (exact) mass is 309 g/mol. The second kappa shape index (κ2) is 8.02. The Morgan fingerprint density at radius 3 is 2.36 bits per heavy atom. The highest BCUT2D eigenvalue weighted by Gasteiger charge is 2.27. The molecular formula is C15H19NO6. The van der Waals surface area contributed by atoms with Gasteiger partial charge in [-0.25, -0.2) is 4.79 Å². The van der Waals surface area contributed by atoms with E-state index in [-0.39, 0.29) is 17.7 Å². The summed E-state index contributed by atoms with van der Waals surface area (Å²) < 4.78 is 9.23. The number of phenolic OH excluding ortho intramolecular Hbond substituents is 1. The van der Waals surface area contributed by atoms with E-state index in [1.807, 2.05) is 0 Å². The maximum Gasteiger partial charge on any atom is 0.328 e. The van der Waals surface area contributed by atoms with Gasteiger partial charge in [0.1, 0.15) is 11.8 Å². The number of hydrogen-bond acceptors (Lipinski definition) is 6. The Labute approximate surface area is 128 Å². The zero-order valence-corrected chi connectivity index (χ0v) is 12.7. The van der Waals surface area contributed by atoms with Crippen LogP contribution in [0.2, 0.25) is 0 Å². The summed E-state index contributed by atoms with van der Waals surface area (Å²) in [7, 11) is 2.44. The molecule has 0 radical (unpaired) electrons. The highest BCUT2D eigenvalue weighted by Crippen LogP contribution is 2.13. The molecule has 120 valence electrons. The van der Waals surface area contributed by atoms with E-state index in [2.05, 4.69) is 14.8 Å². The highest BCUT2D eigenvalue weighted by molar-refractivity contribution is 5.97. The molecule has 0 unspecified atom stereocenters. The molecular weight excluding hydrogens is 290 g/mol. The Morgan fingerprint density at radius 1 is 1.18 bits per heavy atom. The third-order valence-electron chi connectivity index (χ3n) is 3.09. The Hall–Kier alpha value is -2.57. The predicted octanol–water partition coefficient (Wildman–Crippen LogP) is 0.863. The second-order valence-electron chi connectivity index (χ2n) is 4.76. The number of carbonyl (C=O) groups is 3. The Kier molecular flexibility index (Phi) is 6.37. The molecule has 0 aliphatic heterocycles. The fraction of sp³-hybridized carbons (Fsp3) is 0.400. The van der Waals surface area contributed by atoms with Crippen molar-refractivity contribution in [3.8, 4) is 5.75 Å². The second-order valence-corrected chi connectivity index (χ2v) is 4.76. The molecule has 7 nitrogen and oxygen atoms in total. The van der Waals surface area contributed by atoms with Gasteiger partial charge in [-0.1, -0.05) is 13.0 Å². The summed E-state index contributed by atoms with van der Waals surface area (Å²) >= 11 is 0. The van der Waals surface area contributed by atoms with E-state index in [0.29, 0.717) is 0 Å². The van der Waals surface area contributed by atoms with Crippen LogP contribution in [0.25, 0.3) is 0 Å². The maximum absolute atomic E-state index is 12.1. The number of hydrogen-bond donors (Lipinski definition) is 2. The molecule has 0 aliphatic rings. The van der Waals surface area contributed by atoms with E-state index >= 15 is 0 Å². The van der Waals surface area contributed by atoms with Gasteiger partial charge in [-0.3, -0.25) is 9.59 Å². The van der Waals surface area contributed by atoms with Crippen LogP contribution < -0.4 is 5.32 Å². The quantitative estimate of drug-likeness (QED) is 0.756. The Bertz CT molecular complexity index is 557. The lowest BCUT2D eigenvalue weighted by Crippen LogP contribution is -2.43. The van der Waals surface area contributed by atoms with Gasteiger partial charge in [0.15, 0.2) is 0 Å². The fourth-order valence-corrected chi connectivity index (χ4v) is 1.90. The number of phenols is 1. The first kappa shape index (κ1) is 17.5. The first-order valence-electron chi connectivity index (χ1n) is 6.64. The molecule has 0 bridgehead atoms. The highest BCUT2D eigenvalue weighted by atomic mass is 16.5. The largest absolute Gasteiger partial charge is 0.508 e. The van der Waals surface area contributed by atoms with Crippen LogP contribution in [0.5, 0.6) is 5.75 Å². The van der Waals surface area contributed by atoms with Crippen molar-refractivity contribution in [3.63, 3.8) is 0 Å². The van der Waals surface area contributed by atoms with Crippen LogP contribution >= 0.6 is 0 Å². The lowest BCUT2D eigenvalue weighted by Gasteiger charge is -2.19. The van der Waals surface area contributed by atoms with Crippen LogP contribution in [-0.4, -0.2) is 43.2 Å². The minimum atomic E-state index is -0.992. The fourth-order valence-electron chi connectivity index (χ4n) is 1.90. The molecule has 1 aromatic rings. The molecule has 0 heterocycles. The summed E-state index contributed by atoms with van der Waals surface area (Å²) in [6, 6.07) is 4.71.